The summed E-state index contributed by atoms with van der Waals surface area (Å²) in [6.45, 7) is 1.79. The molecule has 22 heavy (non-hydrogen) atoms. The van der Waals surface area contributed by atoms with Crippen molar-refractivity contribution in [1.29, 1.82) is 0 Å². The van der Waals surface area contributed by atoms with E-state index in [4.69, 9.17) is 16.3 Å². The molecule has 0 saturated carbocycles. The molecule has 2 aromatic rings. The molecule has 0 saturated heterocycles. The molecule has 0 spiro atoms. The van der Waals surface area contributed by atoms with Gasteiger partial charge in [-0.1, -0.05) is 33.6 Å². The van der Waals surface area contributed by atoms with Gasteiger partial charge in [0.15, 0.2) is 6.61 Å². The topological polar surface area (TPSA) is 38.3 Å². The van der Waals surface area contributed by atoms with Crippen LogP contribution in [0.15, 0.2) is 45.8 Å². The second-order valence-corrected chi connectivity index (χ2v) is 6.80. The van der Waals surface area contributed by atoms with Crippen molar-refractivity contribution in [3.63, 3.8) is 0 Å². The highest BCUT2D eigenvalue weighted by Gasteiger charge is 2.10. The fourth-order valence-corrected chi connectivity index (χ4v) is 3.39. The Bertz CT molecular complexity index is 671. The molecule has 0 bridgehead atoms. The van der Waals surface area contributed by atoms with Gasteiger partial charge in [0.25, 0.3) is 5.91 Å². The van der Waals surface area contributed by atoms with Gasteiger partial charge in [-0.15, -0.1) is 11.8 Å². The van der Waals surface area contributed by atoms with E-state index in [1.54, 1.807) is 17.8 Å². The van der Waals surface area contributed by atoms with Gasteiger partial charge < -0.3 is 10.1 Å². The van der Waals surface area contributed by atoms with Gasteiger partial charge in [-0.05, 0) is 49.1 Å². The fraction of sp³-hybridized carbons (Fsp3) is 0.188. The molecule has 116 valence electrons. The van der Waals surface area contributed by atoms with Gasteiger partial charge in [-0.2, -0.15) is 0 Å². The van der Waals surface area contributed by atoms with Crippen LogP contribution >= 0.6 is 39.3 Å². The number of hydrogen-bond donors (Lipinski definition) is 1. The van der Waals surface area contributed by atoms with Crippen LogP contribution in [0, 0.1) is 6.92 Å². The van der Waals surface area contributed by atoms with Crippen LogP contribution < -0.4 is 10.1 Å². The number of anilines is 1. The molecule has 0 aliphatic carbocycles. The summed E-state index contributed by atoms with van der Waals surface area (Å²) in [4.78, 5) is 13.1. The van der Waals surface area contributed by atoms with Crippen molar-refractivity contribution in [2.24, 2.45) is 0 Å². The second-order valence-electron chi connectivity index (χ2n) is 4.60. The number of ether oxygens (including phenoxy) is 1. The summed E-state index contributed by atoms with van der Waals surface area (Å²) in [6, 6.07) is 11.3. The van der Waals surface area contributed by atoms with Gasteiger partial charge >= 0.3 is 0 Å². The molecular formula is C16H15BrClNO2S. The van der Waals surface area contributed by atoms with Crippen molar-refractivity contribution in [2.45, 2.75) is 11.8 Å². The Labute approximate surface area is 147 Å². The van der Waals surface area contributed by atoms with E-state index in [-0.39, 0.29) is 12.5 Å². The molecule has 0 aliphatic rings. The lowest BCUT2D eigenvalue weighted by Crippen LogP contribution is -2.20. The van der Waals surface area contributed by atoms with E-state index in [0.29, 0.717) is 10.8 Å². The molecule has 3 nitrogen and oxygen atoms in total. The Balaban J connectivity index is 1.98. The molecule has 6 heteroatoms. The Morgan fingerprint density at radius 2 is 2.14 bits per heavy atom. The number of hydrogen-bond acceptors (Lipinski definition) is 3. The monoisotopic (exact) mass is 399 g/mol. The number of benzene rings is 2. The lowest BCUT2D eigenvalue weighted by atomic mass is 10.2. The molecular weight excluding hydrogens is 386 g/mol. The lowest BCUT2D eigenvalue weighted by molar-refractivity contribution is -0.118. The van der Waals surface area contributed by atoms with Gasteiger partial charge in [0, 0.05) is 15.1 Å². The Kier molecular flexibility index (Phi) is 6.17. The smallest absolute Gasteiger partial charge is 0.262 e. The quantitative estimate of drug-likeness (QED) is 0.705. The lowest BCUT2D eigenvalue weighted by Gasteiger charge is -2.12. The molecule has 1 N–H and O–H groups in total. The highest BCUT2D eigenvalue weighted by Crippen LogP contribution is 2.32. The summed E-state index contributed by atoms with van der Waals surface area (Å²) in [7, 11) is 0. The zero-order chi connectivity index (χ0) is 16.1. The van der Waals surface area contributed by atoms with E-state index in [2.05, 4.69) is 21.2 Å². The minimum atomic E-state index is -0.225. The van der Waals surface area contributed by atoms with Crippen LogP contribution in [0.25, 0.3) is 0 Å². The third-order valence-corrected chi connectivity index (χ3v) is 4.36. The molecule has 2 rings (SSSR count). The maximum absolute atomic E-state index is 12.0. The molecule has 0 aromatic heterocycles. The maximum atomic E-state index is 12.0. The number of amides is 1. The highest BCUT2D eigenvalue weighted by molar-refractivity contribution is 9.10. The average Bonchev–Trinajstić information content (AvgIpc) is 2.46. The van der Waals surface area contributed by atoms with E-state index in [1.165, 1.54) is 0 Å². The SMILES string of the molecule is CSc1cccc(NC(=O)COc2c(C)cc(Br)cc2Cl)c1. The first-order valence-electron chi connectivity index (χ1n) is 6.52. The number of nitrogens with one attached hydrogen (secondary N) is 1. The number of carbonyl (C=O) groups excluding carboxylic acids is 1. The van der Waals surface area contributed by atoms with Crippen LogP contribution in [0.3, 0.4) is 0 Å². The minimum absolute atomic E-state index is 0.0916. The summed E-state index contributed by atoms with van der Waals surface area (Å²) >= 11 is 11.1. The van der Waals surface area contributed by atoms with Crippen LogP contribution in [0.1, 0.15) is 5.56 Å². The predicted molar refractivity (Wildman–Crippen MR) is 96.2 cm³/mol. The summed E-state index contributed by atoms with van der Waals surface area (Å²) in [5.41, 5.74) is 1.62. The third kappa shape index (κ3) is 4.66. The van der Waals surface area contributed by atoms with E-state index in [1.807, 2.05) is 43.5 Å². The molecule has 0 aliphatic heterocycles. The van der Waals surface area contributed by atoms with Crippen molar-refractivity contribution in [1.82, 2.24) is 0 Å². The Hall–Kier alpha value is -1.17. The van der Waals surface area contributed by atoms with E-state index < -0.39 is 0 Å². The van der Waals surface area contributed by atoms with Crippen molar-refractivity contribution in [3.05, 3.63) is 51.5 Å². The summed E-state index contributed by atoms with van der Waals surface area (Å²) < 4.78 is 6.42. The first-order valence-corrected chi connectivity index (χ1v) is 8.91. The van der Waals surface area contributed by atoms with Gasteiger partial charge in [0.05, 0.1) is 5.02 Å². The standard InChI is InChI=1S/C16H15BrClNO2S/c1-10-6-11(17)7-14(18)16(10)21-9-15(20)19-12-4-3-5-13(8-12)22-2/h3-8H,9H2,1-2H3,(H,19,20). The van der Waals surface area contributed by atoms with Gasteiger partial charge in [-0.3, -0.25) is 4.79 Å². The van der Waals surface area contributed by atoms with E-state index in [0.717, 1.165) is 20.6 Å². The maximum Gasteiger partial charge on any atom is 0.262 e. The van der Waals surface area contributed by atoms with Crippen LogP contribution in [-0.2, 0) is 4.79 Å². The van der Waals surface area contributed by atoms with Gasteiger partial charge in [0.2, 0.25) is 0 Å². The third-order valence-electron chi connectivity index (χ3n) is 2.90. The first kappa shape index (κ1) is 17.2. The van der Waals surface area contributed by atoms with Gasteiger partial charge in [0.1, 0.15) is 5.75 Å². The number of carbonyl (C=O) groups is 1. The van der Waals surface area contributed by atoms with Crippen molar-refractivity contribution in [2.75, 3.05) is 18.2 Å². The fourth-order valence-electron chi connectivity index (χ4n) is 1.91. The molecule has 0 radical (unpaired) electrons. The molecule has 0 atom stereocenters. The average molecular weight is 401 g/mol. The second kappa shape index (κ2) is 7.90. The Morgan fingerprint density at radius 3 is 2.82 bits per heavy atom. The zero-order valence-corrected chi connectivity index (χ0v) is 15.3. The molecule has 2 aromatic carbocycles. The number of aryl methyl sites for hydroxylation is 1. The predicted octanol–water partition coefficient (Wildman–Crippen LogP) is 5.15. The molecule has 0 heterocycles. The Morgan fingerprint density at radius 1 is 1.36 bits per heavy atom. The largest absolute Gasteiger partial charge is 0.482 e. The van der Waals surface area contributed by atoms with Crippen molar-refractivity contribution >= 4 is 50.9 Å². The molecule has 1 amide bonds. The number of thioether (sulfide) groups is 1. The number of rotatable bonds is 5. The van der Waals surface area contributed by atoms with Gasteiger partial charge in [-0.25, -0.2) is 0 Å². The van der Waals surface area contributed by atoms with Crippen molar-refractivity contribution in [3.8, 4) is 5.75 Å². The van der Waals surface area contributed by atoms with Crippen LogP contribution in [-0.4, -0.2) is 18.8 Å². The molecule has 0 unspecified atom stereocenters. The van der Waals surface area contributed by atoms with Crippen LogP contribution in [0.4, 0.5) is 5.69 Å². The van der Waals surface area contributed by atoms with Crippen LogP contribution in [0.5, 0.6) is 5.75 Å². The highest BCUT2D eigenvalue weighted by atomic mass is 79.9. The summed E-state index contributed by atoms with van der Waals surface area (Å²) in [5, 5.41) is 3.28. The first-order chi connectivity index (χ1) is 10.5. The molecule has 0 fully saturated rings. The van der Waals surface area contributed by atoms with E-state index >= 15 is 0 Å². The number of halogens is 2. The summed E-state index contributed by atoms with van der Waals surface area (Å²) in [5.74, 6) is 0.300. The van der Waals surface area contributed by atoms with E-state index in [9.17, 15) is 4.79 Å². The normalized spacial score (nSPS) is 10.4. The summed E-state index contributed by atoms with van der Waals surface area (Å²) in [6.07, 6.45) is 1.99. The minimum Gasteiger partial charge on any atom is -0.482 e. The van der Waals surface area contributed by atoms with Crippen LogP contribution in [0.2, 0.25) is 5.02 Å². The van der Waals surface area contributed by atoms with Crippen molar-refractivity contribution < 1.29 is 9.53 Å². The zero-order valence-electron chi connectivity index (χ0n) is 12.2.